The Morgan fingerprint density at radius 2 is 1.96 bits per heavy atom. The van der Waals surface area contributed by atoms with Crippen molar-refractivity contribution in [3.8, 4) is 11.5 Å². The number of pyridine rings is 1. The van der Waals surface area contributed by atoms with Gasteiger partial charge < -0.3 is 14.4 Å². The lowest BCUT2D eigenvalue weighted by Crippen LogP contribution is -2.46. The summed E-state index contributed by atoms with van der Waals surface area (Å²) in [6.45, 7) is 8.44. The summed E-state index contributed by atoms with van der Waals surface area (Å²) in [6.07, 6.45) is 1.20. The number of carbonyl (C=O) groups excluding carboxylic acids is 1. The minimum atomic E-state index is -0.370. The molecule has 5 nitrogen and oxygen atoms in total. The SMILES string of the molecule is CCN(C(=O)Oc1ccc(Sc2cccc(OC)c2)nc1)C(C)(C)C. The summed E-state index contributed by atoms with van der Waals surface area (Å²) < 4.78 is 10.7. The highest BCUT2D eigenvalue weighted by Crippen LogP contribution is 2.29. The number of ether oxygens (including phenoxy) is 2. The van der Waals surface area contributed by atoms with Crippen LogP contribution in [0.1, 0.15) is 27.7 Å². The van der Waals surface area contributed by atoms with Gasteiger partial charge in [-0.1, -0.05) is 17.8 Å². The third-order valence-corrected chi connectivity index (χ3v) is 4.46. The molecule has 0 atom stereocenters. The van der Waals surface area contributed by atoms with Crippen LogP contribution < -0.4 is 9.47 Å². The van der Waals surface area contributed by atoms with Crippen molar-refractivity contribution in [2.24, 2.45) is 0 Å². The van der Waals surface area contributed by atoms with Crippen LogP contribution in [-0.4, -0.2) is 35.2 Å². The van der Waals surface area contributed by atoms with Gasteiger partial charge in [-0.2, -0.15) is 0 Å². The molecule has 0 unspecified atom stereocenters. The quantitative estimate of drug-likeness (QED) is 0.762. The minimum Gasteiger partial charge on any atom is -0.497 e. The summed E-state index contributed by atoms with van der Waals surface area (Å²) in [5, 5.41) is 0.816. The van der Waals surface area contributed by atoms with Crippen molar-refractivity contribution in [2.75, 3.05) is 13.7 Å². The summed E-state index contributed by atoms with van der Waals surface area (Å²) in [6, 6.07) is 11.4. The number of hydrogen-bond donors (Lipinski definition) is 0. The van der Waals surface area contributed by atoms with Crippen molar-refractivity contribution in [1.29, 1.82) is 0 Å². The van der Waals surface area contributed by atoms with Gasteiger partial charge in [0.05, 0.1) is 13.3 Å². The molecule has 0 radical (unpaired) electrons. The van der Waals surface area contributed by atoms with E-state index >= 15 is 0 Å². The van der Waals surface area contributed by atoms with Crippen LogP contribution >= 0.6 is 11.8 Å². The molecule has 0 bridgehead atoms. The van der Waals surface area contributed by atoms with Crippen molar-refractivity contribution >= 4 is 17.9 Å². The topological polar surface area (TPSA) is 51.7 Å². The van der Waals surface area contributed by atoms with E-state index in [9.17, 15) is 4.79 Å². The maximum atomic E-state index is 12.3. The molecule has 0 spiro atoms. The fraction of sp³-hybridized carbons (Fsp3) is 0.368. The largest absolute Gasteiger partial charge is 0.497 e. The van der Waals surface area contributed by atoms with E-state index in [2.05, 4.69) is 4.98 Å². The van der Waals surface area contributed by atoms with E-state index < -0.39 is 0 Å². The van der Waals surface area contributed by atoms with Crippen molar-refractivity contribution in [1.82, 2.24) is 9.88 Å². The first-order chi connectivity index (χ1) is 11.8. The molecule has 0 N–H and O–H groups in total. The second-order valence-corrected chi connectivity index (χ2v) is 7.49. The number of methoxy groups -OCH3 is 1. The molecule has 2 rings (SSSR count). The Balaban J connectivity index is 2.03. The molecular weight excluding hydrogens is 336 g/mol. The van der Waals surface area contributed by atoms with Gasteiger partial charge >= 0.3 is 6.09 Å². The van der Waals surface area contributed by atoms with E-state index in [1.54, 1.807) is 24.3 Å². The van der Waals surface area contributed by atoms with Gasteiger partial charge in [0.1, 0.15) is 10.8 Å². The number of benzene rings is 1. The van der Waals surface area contributed by atoms with E-state index in [0.717, 1.165) is 15.7 Å². The first-order valence-electron chi connectivity index (χ1n) is 8.11. The molecule has 0 aliphatic heterocycles. The average Bonchev–Trinajstić information content (AvgIpc) is 2.56. The van der Waals surface area contributed by atoms with Crippen LogP contribution in [0.2, 0.25) is 0 Å². The third kappa shape index (κ3) is 5.39. The number of hydrogen-bond acceptors (Lipinski definition) is 5. The van der Waals surface area contributed by atoms with E-state index in [4.69, 9.17) is 9.47 Å². The van der Waals surface area contributed by atoms with Crippen LogP contribution in [0.3, 0.4) is 0 Å². The predicted octanol–water partition coefficient (Wildman–Crippen LogP) is 4.86. The molecule has 0 saturated heterocycles. The lowest BCUT2D eigenvalue weighted by atomic mass is 10.1. The fourth-order valence-corrected chi connectivity index (χ4v) is 3.11. The molecule has 1 aromatic heterocycles. The molecular formula is C19H24N2O3S. The maximum absolute atomic E-state index is 12.3. The molecule has 6 heteroatoms. The van der Waals surface area contributed by atoms with Gasteiger partial charge in [0, 0.05) is 17.0 Å². The zero-order chi connectivity index (χ0) is 18.4. The highest BCUT2D eigenvalue weighted by molar-refractivity contribution is 7.99. The summed E-state index contributed by atoms with van der Waals surface area (Å²) in [5.41, 5.74) is -0.290. The van der Waals surface area contributed by atoms with Gasteiger partial charge in [0.15, 0.2) is 5.75 Å². The van der Waals surface area contributed by atoms with Crippen molar-refractivity contribution in [2.45, 2.75) is 43.2 Å². The smallest absolute Gasteiger partial charge is 0.415 e. The standard InChI is InChI=1S/C19H24N2O3S/c1-6-21(19(2,3)4)18(22)24-15-10-11-17(20-13-15)25-16-9-7-8-14(12-16)23-5/h7-13H,6H2,1-5H3. The monoisotopic (exact) mass is 360 g/mol. The van der Waals surface area contributed by atoms with E-state index in [1.165, 1.54) is 11.8 Å². The van der Waals surface area contributed by atoms with Crippen LogP contribution in [0, 0.1) is 0 Å². The second kappa shape index (κ2) is 8.25. The van der Waals surface area contributed by atoms with Gasteiger partial charge in [-0.25, -0.2) is 9.78 Å². The van der Waals surface area contributed by atoms with Gasteiger partial charge in [-0.05, 0) is 58.0 Å². The number of amides is 1. The lowest BCUT2D eigenvalue weighted by molar-refractivity contribution is 0.110. The summed E-state index contributed by atoms with van der Waals surface area (Å²) >= 11 is 1.52. The van der Waals surface area contributed by atoms with Gasteiger partial charge in [-0.15, -0.1) is 0 Å². The van der Waals surface area contributed by atoms with Crippen LogP contribution in [-0.2, 0) is 0 Å². The van der Waals surface area contributed by atoms with E-state index in [0.29, 0.717) is 12.3 Å². The Bertz CT molecular complexity index is 711. The minimum absolute atomic E-state index is 0.290. The first-order valence-corrected chi connectivity index (χ1v) is 8.92. The number of aromatic nitrogens is 1. The zero-order valence-electron chi connectivity index (χ0n) is 15.3. The number of nitrogens with zero attached hydrogens (tertiary/aromatic N) is 2. The Morgan fingerprint density at radius 1 is 1.20 bits per heavy atom. The molecule has 25 heavy (non-hydrogen) atoms. The predicted molar refractivity (Wildman–Crippen MR) is 99.5 cm³/mol. The van der Waals surface area contributed by atoms with Crippen molar-refractivity contribution < 1.29 is 14.3 Å². The van der Waals surface area contributed by atoms with Crippen molar-refractivity contribution in [3.63, 3.8) is 0 Å². The molecule has 0 aliphatic rings. The second-order valence-electron chi connectivity index (χ2n) is 6.40. The Labute approximate surface area is 153 Å². The molecule has 1 amide bonds. The van der Waals surface area contributed by atoms with Gasteiger partial charge in [0.2, 0.25) is 0 Å². The van der Waals surface area contributed by atoms with Crippen LogP contribution in [0.5, 0.6) is 11.5 Å². The highest BCUT2D eigenvalue weighted by atomic mass is 32.2. The number of rotatable bonds is 5. The maximum Gasteiger partial charge on any atom is 0.415 e. The van der Waals surface area contributed by atoms with Crippen LogP contribution in [0.4, 0.5) is 4.79 Å². The highest BCUT2D eigenvalue weighted by Gasteiger charge is 2.26. The molecule has 1 heterocycles. The average molecular weight is 360 g/mol. The van der Waals surface area contributed by atoms with E-state index in [1.807, 2.05) is 58.0 Å². The molecule has 134 valence electrons. The zero-order valence-corrected chi connectivity index (χ0v) is 16.1. The normalized spacial score (nSPS) is 11.1. The lowest BCUT2D eigenvalue weighted by Gasteiger charge is -2.33. The third-order valence-electron chi connectivity index (χ3n) is 3.52. The van der Waals surface area contributed by atoms with Crippen LogP contribution in [0.15, 0.2) is 52.5 Å². The summed E-state index contributed by atoms with van der Waals surface area (Å²) in [5.74, 6) is 1.24. The molecule has 0 saturated carbocycles. The molecule has 2 aromatic rings. The fourth-order valence-electron chi connectivity index (χ4n) is 2.31. The molecule has 1 aromatic carbocycles. The number of carbonyl (C=O) groups is 1. The Hall–Kier alpha value is -2.21. The molecule has 0 fully saturated rings. The van der Waals surface area contributed by atoms with E-state index in [-0.39, 0.29) is 11.6 Å². The van der Waals surface area contributed by atoms with Crippen molar-refractivity contribution in [3.05, 3.63) is 42.6 Å². The Morgan fingerprint density at radius 3 is 2.52 bits per heavy atom. The Kier molecular flexibility index (Phi) is 6.31. The first kappa shape index (κ1) is 19.1. The summed E-state index contributed by atoms with van der Waals surface area (Å²) in [7, 11) is 1.64. The van der Waals surface area contributed by atoms with Gasteiger partial charge in [0.25, 0.3) is 0 Å². The molecule has 0 aliphatic carbocycles. The summed E-state index contributed by atoms with van der Waals surface area (Å²) in [4.78, 5) is 19.4. The van der Waals surface area contributed by atoms with Gasteiger partial charge in [-0.3, -0.25) is 0 Å². The van der Waals surface area contributed by atoms with Crippen LogP contribution in [0.25, 0.3) is 0 Å².